The molecule has 1 amide bonds. The molecule has 1 aromatic heterocycles. The number of aromatic amines is 1. The number of carboxylic acids is 1. The van der Waals surface area contributed by atoms with Gasteiger partial charge in [0.1, 0.15) is 6.04 Å². The number of aliphatic hydroxyl groups is 1. The number of aliphatic hydroxyl groups excluding tert-OH is 1. The van der Waals surface area contributed by atoms with Gasteiger partial charge in [-0.15, -0.1) is 0 Å². The number of aromatic nitrogens is 2. The van der Waals surface area contributed by atoms with E-state index in [2.05, 4.69) is 15.5 Å². The minimum absolute atomic E-state index is 0.0170. The molecular weight excluding hydrogens is 250 g/mol. The van der Waals surface area contributed by atoms with E-state index in [1.807, 2.05) is 0 Å². The first-order chi connectivity index (χ1) is 9.11. The third kappa shape index (κ3) is 3.11. The first-order valence-corrected chi connectivity index (χ1v) is 6.27. The topological polar surface area (TPSA) is 115 Å². The van der Waals surface area contributed by atoms with Crippen LogP contribution in [0.1, 0.15) is 24.1 Å². The summed E-state index contributed by atoms with van der Waals surface area (Å²) in [4.78, 5) is 23.0. The Bertz CT molecular complexity index is 471. The summed E-state index contributed by atoms with van der Waals surface area (Å²) in [5.74, 6) is -1.64. The number of aryl methyl sites for hydroxylation is 1. The summed E-state index contributed by atoms with van der Waals surface area (Å²) in [7, 11) is 0. The summed E-state index contributed by atoms with van der Waals surface area (Å²) in [6.07, 6.45) is 3.77. The number of nitrogens with one attached hydrogen (secondary N) is 2. The predicted molar refractivity (Wildman–Crippen MR) is 65.4 cm³/mol. The van der Waals surface area contributed by atoms with E-state index in [0.717, 1.165) is 17.7 Å². The van der Waals surface area contributed by atoms with E-state index in [9.17, 15) is 9.59 Å². The molecule has 0 aromatic carbocycles. The van der Waals surface area contributed by atoms with E-state index in [4.69, 9.17) is 10.2 Å². The molecule has 0 spiro atoms. The van der Waals surface area contributed by atoms with Crippen molar-refractivity contribution >= 4 is 11.9 Å². The van der Waals surface area contributed by atoms with Gasteiger partial charge in [0.25, 0.3) is 0 Å². The van der Waals surface area contributed by atoms with Gasteiger partial charge in [0.15, 0.2) is 0 Å². The van der Waals surface area contributed by atoms with Crippen LogP contribution in [0.2, 0.25) is 0 Å². The highest BCUT2D eigenvalue weighted by Crippen LogP contribution is 2.23. The highest BCUT2D eigenvalue weighted by atomic mass is 16.4. The molecule has 104 valence electrons. The molecule has 0 saturated heterocycles. The molecule has 1 heterocycles. The molecular formula is C12H17N3O4. The van der Waals surface area contributed by atoms with Crippen LogP contribution in [0.25, 0.3) is 0 Å². The minimum Gasteiger partial charge on any atom is -0.480 e. The molecule has 7 heteroatoms. The Morgan fingerprint density at radius 3 is 3.05 bits per heavy atom. The predicted octanol–water partition coefficient (Wildman–Crippen LogP) is -0.534. The zero-order chi connectivity index (χ0) is 13.8. The van der Waals surface area contributed by atoms with Crippen molar-refractivity contribution in [3.63, 3.8) is 0 Å². The quantitative estimate of drug-likeness (QED) is 0.572. The monoisotopic (exact) mass is 267 g/mol. The van der Waals surface area contributed by atoms with E-state index in [-0.39, 0.29) is 24.9 Å². The number of aliphatic carboxylic acids is 1. The van der Waals surface area contributed by atoms with Gasteiger partial charge in [0.05, 0.1) is 6.20 Å². The van der Waals surface area contributed by atoms with Gasteiger partial charge >= 0.3 is 5.97 Å². The number of nitrogens with zero attached hydrogens (tertiary/aromatic N) is 1. The van der Waals surface area contributed by atoms with E-state index in [0.29, 0.717) is 12.8 Å². The van der Waals surface area contributed by atoms with Crippen molar-refractivity contribution in [2.24, 2.45) is 5.92 Å². The lowest BCUT2D eigenvalue weighted by Crippen LogP contribution is -2.45. The van der Waals surface area contributed by atoms with Crippen molar-refractivity contribution in [1.29, 1.82) is 0 Å². The van der Waals surface area contributed by atoms with Crippen LogP contribution >= 0.6 is 0 Å². The van der Waals surface area contributed by atoms with Crippen molar-refractivity contribution in [1.82, 2.24) is 15.5 Å². The molecule has 1 aromatic rings. The number of amides is 1. The number of hydrogen-bond donors (Lipinski definition) is 4. The van der Waals surface area contributed by atoms with Crippen LogP contribution < -0.4 is 5.32 Å². The molecule has 1 aliphatic carbocycles. The zero-order valence-corrected chi connectivity index (χ0v) is 10.4. The average molecular weight is 267 g/mol. The van der Waals surface area contributed by atoms with Crippen molar-refractivity contribution in [3.05, 3.63) is 17.5 Å². The molecule has 2 atom stereocenters. The summed E-state index contributed by atoms with van der Waals surface area (Å²) in [5.41, 5.74) is 2.06. The van der Waals surface area contributed by atoms with Crippen LogP contribution in [-0.2, 0) is 22.4 Å². The fraction of sp³-hybridized carbons (Fsp3) is 0.583. The molecule has 0 radical (unpaired) electrons. The molecule has 1 unspecified atom stereocenters. The second kappa shape index (κ2) is 5.83. The van der Waals surface area contributed by atoms with Gasteiger partial charge in [-0.25, -0.2) is 4.79 Å². The molecule has 4 N–H and O–H groups in total. The summed E-state index contributed by atoms with van der Waals surface area (Å²) < 4.78 is 0. The standard InChI is InChI=1S/C12H17N3O4/c16-4-3-9(12(18)19)14-11(17)7-1-2-8-6-13-15-10(8)5-7/h6-7,9,16H,1-5H2,(H,13,15)(H,14,17)(H,18,19)/t7?,9-/m0/s1. The van der Waals surface area contributed by atoms with Gasteiger partial charge < -0.3 is 15.5 Å². The van der Waals surface area contributed by atoms with Crippen molar-refractivity contribution in [3.8, 4) is 0 Å². The first kappa shape index (κ1) is 13.5. The summed E-state index contributed by atoms with van der Waals surface area (Å²) >= 11 is 0. The van der Waals surface area contributed by atoms with Crippen LogP contribution in [0.3, 0.4) is 0 Å². The molecule has 2 rings (SSSR count). The van der Waals surface area contributed by atoms with Crippen molar-refractivity contribution in [2.45, 2.75) is 31.7 Å². The van der Waals surface area contributed by atoms with E-state index in [1.165, 1.54) is 0 Å². The zero-order valence-electron chi connectivity index (χ0n) is 10.4. The fourth-order valence-electron chi connectivity index (χ4n) is 2.31. The molecule has 0 saturated carbocycles. The average Bonchev–Trinajstić information content (AvgIpc) is 2.85. The second-order valence-electron chi connectivity index (χ2n) is 4.73. The van der Waals surface area contributed by atoms with Gasteiger partial charge in [-0.1, -0.05) is 0 Å². The highest BCUT2D eigenvalue weighted by Gasteiger charge is 2.28. The highest BCUT2D eigenvalue weighted by molar-refractivity contribution is 5.85. The SMILES string of the molecule is O=C(N[C@@H](CCO)C(=O)O)C1CCc2cn[nH]c2C1. The van der Waals surface area contributed by atoms with Gasteiger partial charge in [0, 0.05) is 31.1 Å². The van der Waals surface area contributed by atoms with Crippen LogP contribution in [0.5, 0.6) is 0 Å². The largest absolute Gasteiger partial charge is 0.480 e. The maximum atomic E-state index is 12.0. The Labute approximate surface area is 110 Å². The van der Waals surface area contributed by atoms with Crippen molar-refractivity contribution in [2.75, 3.05) is 6.61 Å². The number of carboxylic acid groups (broad SMARTS) is 1. The fourth-order valence-corrected chi connectivity index (χ4v) is 2.31. The Kier molecular flexibility index (Phi) is 4.16. The van der Waals surface area contributed by atoms with E-state index in [1.54, 1.807) is 6.20 Å². The first-order valence-electron chi connectivity index (χ1n) is 6.27. The smallest absolute Gasteiger partial charge is 0.326 e. The lowest BCUT2D eigenvalue weighted by Gasteiger charge is -2.23. The summed E-state index contributed by atoms with van der Waals surface area (Å²) in [6.45, 7) is -0.271. The minimum atomic E-state index is -1.12. The van der Waals surface area contributed by atoms with Gasteiger partial charge in [-0.2, -0.15) is 5.10 Å². The second-order valence-corrected chi connectivity index (χ2v) is 4.73. The van der Waals surface area contributed by atoms with Gasteiger partial charge in [0.2, 0.25) is 5.91 Å². The van der Waals surface area contributed by atoms with Crippen LogP contribution in [0, 0.1) is 5.92 Å². The van der Waals surface area contributed by atoms with Crippen molar-refractivity contribution < 1.29 is 19.8 Å². The Hall–Kier alpha value is -1.89. The Morgan fingerprint density at radius 2 is 2.37 bits per heavy atom. The molecule has 0 bridgehead atoms. The molecule has 1 aliphatic rings. The van der Waals surface area contributed by atoms with E-state index >= 15 is 0 Å². The summed E-state index contributed by atoms with van der Waals surface area (Å²) in [6, 6.07) is -1.03. The number of hydrogen-bond acceptors (Lipinski definition) is 4. The lowest BCUT2D eigenvalue weighted by molar-refractivity contribution is -0.143. The number of H-pyrrole nitrogens is 1. The normalized spacial score (nSPS) is 19.5. The third-order valence-corrected chi connectivity index (χ3v) is 3.42. The van der Waals surface area contributed by atoms with E-state index < -0.39 is 12.0 Å². The van der Waals surface area contributed by atoms with Crippen LogP contribution in [-0.4, -0.2) is 44.9 Å². The van der Waals surface area contributed by atoms with Crippen LogP contribution in [0.4, 0.5) is 0 Å². The maximum absolute atomic E-state index is 12.0. The number of carbonyl (C=O) groups excluding carboxylic acids is 1. The third-order valence-electron chi connectivity index (χ3n) is 3.42. The number of rotatable bonds is 5. The molecule has 0 fully saturated rings. The van der Waals surface area contributed by atoms with Gasteiger partial charge in [-0.3, -0.25) is 9.89 Å². The van der Waals surface area contributed by atoms with Crippen LogP contribution in [0.15, 0.2) is 6.20 Å². The molecule has 19 heavy (non-hydrogen) atoms. The molecule has 7 nitrogen and oxygen atoms in total. The summed E-state index contributed by atoms with van der Waals surface area (Å²) in [5, 5.41) is 27.0. The van der Waals surface area contributed by atoms with Gasteiger partial charge in [-0.05, 0) is 18.4 Å². The number of carbonyl (C=O) groups is 2. The maximum Gasteiger partial charge on any atom is 0.326 e. The number of fused-ring (bicyclic) bond motifs is 1. The Morgan fingerprint density at radius 1 is 1.58 bits per heavy atom. The Balaban J connectivity index is 1.95. The molecule has 0 aliphatic heterocycles. The lowest BCUT2D eigenvalue weighted by atomic mass is 9.87.